The molecule has 1 fully saturated rings. The summed E-state index contributed by atoms with van der Waals surface area (Å²) in [7, 11) is 1.67. The van der Waals surface area contributed by atoms with Crippen LogP contribution < -0.4 is 10.1 Å². The van der Waals surface area contributed by atoms with E-state index in [-0.39, 0.29) is 6.10 Å². The number of hydrogen-bond acceptors (Lipinski definition) is 5. The summed E-state index contributed by atoms with van der Waals surface area (Å²) < 4.78 is 15.2. The van der Waals surface area contributed by atoms with Gasteiger partial charge in [-0.25, -0.2) is 9.97 Å². The van der Waals surface area contributed by atoms with Crippen molar-refractivity contribution in [1.29, 1.82) is 0 Å². The number of nitrogens with one attached hydrogen (secondary N) is 1. The van der Waals surface area contributed by atoms with Crippen molar-refractivity contribution in [3.63, 3.8) is 0 Å². The summed E-state index contributed by atoms with van der Waals surface area (Å²) in [6, 6.07) is 7.91. The Hall–Kier alpha value is -2.64. The van der Waals surface area contributed by atoms with Gasteiger partial charge in [-0.05, 0) is 30.7 Å². The smallest absolute Gasteiger partial charge is 0.181 e. The Labute approximate surface area is 152 Å². The molecule has 1 saturated heterocycles. The van der Waals surface area contributed by atoms with Crippen LogP contribution in [0.1, 0.15) is 6.42 Å². The van der Waals surface area contributed by atoms with Crippen LogP contribution in [-0.4, -0.2) is 52.0 Å². The number of imidazole rings is 2. The molecule has 136 valence electrons. The minimum absolute atomic E-state index is 0.250. The van der Waals surface area contributed by atoms with Crippen molar-refractivity contribution in [1.82, 2.24) is 24.4 Å². The van der Waals surface area contributed by atoms with Crippen LogP contribution in [0.15, 0.2) is 49.1 Å². The third kappa shape index (κ3) is 3.49. The summed E-state index contributed by atoms with van der Waals surface area (Å²) in [5.74, 6) is 2.51. The Morgan fingerprint density at radius 2 is 1.96 bits per heavy atom. The van der Waals surface area contributed by atoms with Crippen LogP contribution in [0.2, 0.25) is 0 Å². The maximum atomic E-state index is 5.79. The highest BCUT2D eigenvalue weighted by atomic mass is 16.5. The summed E-state index contributed by atoms with van der Waals surface area (Å²) in [6.07, 6.45) is 8.76. The van der Waals surface area contributed by atoms with E-state index in [2.05, 4.69) is 19.9 Å². The Morgan fingerprint density at radius 1 is 1.15 bits per heavy atom. The second-order valence-corrected chi connectivity index (χ2v) is 6.25. The maximum Gasteiger partial charge on any atom is 0.181 e. The second-order valence-electron chi connectivity index (χ2n) is 6.25. The van der Waals surface area contributed by atoms with E-state index in [4.69, 9.17) is 9.47 Å². The number of aromatic nitrogens is 4. The molecule has 1 N–H and O–H groups in total. The molecule has 1 aliphatic rings. The number of benzene rings is 1. The van der Waals surface area contributed by atoms with Crippen molar-refractivity contribution in [2.24, 2.45) is 0 Å². The molecule has 1 unspecified atom stereocenters. The van der Waals surface area contributed by atoms with E-state index in [1.54, 1.807) is 13.3 Å². The fraction of sp³-hybridized carbons (Fsp3) is 0.368. The van der Waals surface area contributed by atoms with Gasteiger partial charge in [0.05, 0.1) is 19.8 Å². The molecule has 1 aromatic carbocycles. The number of ether oxygens (including phenoxy) is 2. The van der Waals surface area contributed by atoms with Gasteiger partial charge in [-0.15, -0.1) is 0 Å². The normalized spacial score (nSPS) is 17.3. The molecule has 7 nitrogen and oxygen atoms in total. The summed E-state index contributed by atoms with van der Waals surface area (Å²) >= 11 is 0. The lowest BCUT2D eigenvalue weighted by atomic mass is 10.2. The predicted octanol–water partition coefficient (Wildman–Crippen LogP) is 2.12. The van der Waals surface area contributed by atoms with Crippen LogP contribution in [0.5, 0.6) is 5.75 Å². The lowest BCUT2D eigenvalue weighted by Crippen LogP contribution is -2.38. The summed E-state index contributed by atoms with van der Waals surface area (Å²) in [4.78, 5) is 9.08. The molecule has 2 aromatic heterocycles. The molecule has 3 aromatic rings. The van der Waals surface area contributed by atoms with E-state index in [1.807, 2.05) is 47.4 Å². The zero-order valence-corrected chi connectivity index (χ0v) is 14.8. The molecule has 7 heteroatoms. The van der Waals surface area contributed by atoms with Crippen LogP contribution >= 0.6 is 0 Å². The first-order valence-electron chi connectivity index (χ1n) is 8.87. The van der Waals surface area contributed by atoms with Crippen LogP contribution in [-0.2, 0) is 11.3 Å². The Bertz CT molecular complexity index is 834. The van der Waals surface area contributed by atoms with E-state index in [0.717, 1.165) is 55.7 Å². The lowest BCUT2D eigenvalue weighted by Gasteiger charge is -2.23. The quantitative estimate of drug-likeness (QED) is 0.735. The molecule has 3 heterocycles. The third-order valence-electron chi connectivity index (χ3n) is 4.60. The average molecular weight is 353 g/mol. The highest BCUT2D eigenvalue weighted by Gasteiger charge is 2.17. The average Bonchev–Trinajstić information content (AvgIpc) is 3.36. The van der Waals surface area contributed by atoms with Crippen LogP contribution in [0.25, 0.3) is 17.3 Å². The Balaban J connectivity index is 1.55. The van der Waals surface area contributed by atoms with Crippen LogP contribution in [0, 0.1) is 0 Å². The van der Waals surface area contributed by atoms with E-state index < -0.39 is 0 Å². The van der Waals surface area contributed by atoms with Crippen molar-refractivity contribution >= 4 is 0 Å². The van der Waals surface area contributed by atoms with E-state index >= 15 is 0 Å². The number of morpholine rings is 1. The molecule has 0 spiro atoms. The van der Waals surface area contributed by atoms with Gasteiger partial charge in [-0.2, -0.15) is 0 Å². The van der Waals surface area contributed by atoms with Gasteiger partial charge in [-0.3, -0.25) is 4.57 Å². The minimum Gasteiger partial charge on any atom is -0.497 e. The SMILES string of the molecule is COc1ccc(-n2ccnc2-c2nccn2CCC2CNCCO2)cc1. The third-order valence-corrected chi connectivity index (χ3v) is 4.60. The molecule has 1 atom stereocenters. The maximum absolute atomic E-state index is 5.79. The molecule has 4 rings (SSSR count). The topological polar surface area (TPSA) is 66.1 Å². The van der Waals surface area contributed by atoms with Crippen molar-refractivity contribution < 1.29 is 9.47 Å². The fourth-order valence-electron chi connectivity index (χ4n) is 3.20. The van der Waals surface area contributed by atoms with Crippen molar-refractivity contribution in [2.45, 2.75) is 19.1 Å². The first-order valence-corrected chi connectivity index (χ1v) is 8.87. The predicted molar refractivity (Wildman–Crippen MR) is 98.6 cm³/mol. The molecular weight excluding hydrogens is 330 g/mol. The highest BCUT2D eigenvalue weighted by molar-refractivity contribution is 5.51. The molecule has 0 aliphatic carbocycles. The molecule has 1 aliphatic heterocycles. The number of nitrogens with zero attached hydrogens (tertiary/aromatic N) is 4. The summed E-state index contributed by atoms with van der Waals surface area (Å²) in [5, 5.41) is 3.37. The molecule has 0 bridgehead atoms. The van der Waals surface area contributed by atoms with E-state index in [9.17, 15) is 0 Å². The van der Waals surface area contributed by atoms with Gasteiger partial charge in [0.1, 0.15) is 5.75 Å². The summed E-state index contributed by atoms with van der Waals surface area (Å²) in [6.45, 7) is 3.47. The number of aryl methyl sites for hydroxylation is 1. The Morgan fingerprint density at radius 3 is 2.73 bits per heavy atom. The van der Waals surface area contributed by atoms with Crippen molar-refractivity contribution in [3.05, 3.63) is 49.1 Å². The Kier molecular flexibility index (Phi) is 4.99. The van der Waals surface area contributed by atoms with Crippen molar-refractivity contribution in [3.8, 4) is 23.1 Å². The standard InChI is InChI=1S/C19H23N5O2/c1-25-16-4-2-15(3-5-16)24-12-8-22-19(24)18-21-7-11-23(18)10-6-17-14-20-9-13-26-17/h2-5,7-8,11-12,17,20H,6,9-10,13-14H2,1H3. The molecule has 0 amide bonds. The largest absolute Gasteiger partial charge is 0.497 e. The van der Waals surface area contributed by atoms with Crippen molar-refractivity contribution in [2.75, 3.05) is 26.8 Å². The number of methoxy groups -OCH3 is 1. The monoisotopic (exact) mass is 353 g/mol. The second kappa shape index (κ2) is 7.72. The fourth-order valence-corrected chi connectivity index (χ4v) is 3.20. The summed E-state index contributed by atoms with van der Waals surface area (Å²) in [5.41, 5.74) is 1.02. The van der Waals surface area contributed by atoms with Gasteiger partial charge in [0.2, 0.25) is 0 Å². The molecular formula is C19H23N5O2. The van der Waals surface area contributed by atoms with Gasteiger partial charge >= 0.3 is 0 Å². The van der Waals surface area contributed by atoms with Gasteiger partial charge in [0, 0.05) is 50.1 Å². The zero-order chi connectivity index (χ0) is 17.8. The highest BCUT2D eigenvalue weighted by Crippen LogP contribution is 2.22. The van der Waals surface area contributed by atoms with Gasteiger partial charge in [0.25, 0.3) is 0 Å². The molecule has 26 heavy (non-hydrogen) atoms. The molecule has 0 saturated carbocycles. The van der Waals surface area contributed by atoms with Gasteiger partial charge in [-0.1, -0.05) is 0 Å². The number of hydrogen-bond donors (Lipinski definition) is 1. The van der Waals surface area contributed by atoms with E-state index in [1.165, 1.54) is 0 Å². The minimum atomic E-state index is 0.250. The first kappa shape index (κ1) is 16.8. The number of rotatable bonds is 6. The zero-order valence-electron chi connectivity index (χ0n) is 14.8. The van der Waals surface area contributed by atoms with Crippen LogP contribution in [0.4, 0.5) is 0 Å². The first-order chi connectivity index (χ1) is 12.8. The molecule has 0 radical (unpaired) electrons. The lowest BCUT2D eigenvalue weighted by molar-refractivity contribution is 0.0211. The van der Waals surface area contributed by atoms with Crippen LogP contribution in [0.3, 0.4) is 0 Å². The van der Waals surface area contributed by atoms with E-state index in [0.29, 0.717) is 0 Å². The van der Waals surface area contributed by atoms with Gasteiger partial charge in [0.15, 0.2) is 11.6 Å². The van der Waals surface area contributed by atoms with Gasteiger partial charge < -0.3 is 19.4 Å².